The predicted octanol–water partition coefficient (Wildman–Crippen LogP) is 3.81. The molecule has 0 radical (unpaired) electrons. The second kappa shape index (κ2) is 8.66. The van der Waals surface area contributed by atoms with Crippen LogP contribution in [0.3, 0.4) is 0 Å². The molecule has 0 amide bonds. The van der Waals surface area contributed by atoms with Crippen molar-refractivity contribution in [1.82, 2.24) is 0 Å². The molecule has 23 heavy (non-hydrogen) atoms. The van der Waals surface area contributed by atoms with Crippen LogP contribution in [0.4, 0.5) is 0 Å². The standard InChI is InChI=1S/C21H28NO/c1-3-16-22(2,17-20-12-8-5-9-13-20)21(18-23)15-14-19-10-6-4-7-11-19/h3-13,21,23H,1,14-18H2,2H3/q+1/t21-,22-/m0/s1. The van der Waals surface area contributed by atoms with Gasteiger partial charge in [0.1, 0.15) is 12.6 Å². The minimum absolute atomic E-state index is 0.198. The van der Waals surface area contributed by atoms with Gasteiger partial charge in [0, 0.05) is 12.0 Å². The zero-order chi connectivity index (χ0) is 16.5. The SMILES string of the molecule is C=CC[N@@+](C)(Cc1ccccc1)[C@H](CO)CCc1ccccc1. The Morgan fingerprint density at radius 1 is 1.00 bits per heavy atom. The highest BCUT2D eigenvalue weighted by molar-refractivity contribution is 5.15. The van der Waals surface area contributed by atoms with Gasteiger partial charge in [-0.25, -0.2) is 0 Å². The summed E-state index contributed by atoms with van der Waals surface area (Å²) in [5.74, 6) is 0. The van der Waals surface area contributed by atoms with Gasteiger partial charge in [-0.1, -0.05) is 67.2 Å². The maximum absolute atomic E-state index is 9.99. The number of rotatable bonds is 9. The maximum Gasteiger partial charge on any atom is 0.113 e. The average Bonchev–Trinajstić information content (AvgIpc) is 2.57. The number of benzene rings is 2. The van der Waals surface area contributed by atoms with Crippen molar-refractivity contribution in [3.8, 4) is 0 Å². The van der Waals surface area contributed by atoms with Crippen molar-refractivity contribution in [3.05, 3.63) is 84.4 Å². The number of aliphatic hydroxyl groups excluding tert-OH is 1. The molecule has 2 heteroatoms. The fourth-order valence-corrected chi connectivity index (χ4v) is 3.22. The van der Waals surface area contributed by atoms with Crippen LogP contribution < -0.4 is 0 Å². The highest BCUT2D eigenvalue weighted by Crippen LogP contribution is 2.21. The van der Waals surface area contributed by atoms with Crippen LogP contribution in [0.25, 0.3) is 0 Å². The molecule has 2 atom stereocenters. The summed E-state index contributed by atoms with van der Waals surface area (Å²) in [6.07, 6.45) is 3.93. The van der Waals surface area contributed by atoms with E-state index < -0.39 is 0 Å². The molecule has 0 aliphatic heterocycles. The molecule has 0 bridgehead atoms. The summed E-state index contributed by atoms with van der Waals surface area (Å²) in [6.45, 7) is 5.89. The molecule has 1 N–H and O–H groups in total. The lowest BCUT2D eigenvalue weighted by Gasteiger charge is -2.40. The summed E-state index contributed by atoms with van der Waals surface area (Å²) >= 11 is 0. The lowest BCUT2D eigenvalue weighted by Crippen LogP contribution is -2.53. The van der Waals surface area contributed by atoms with Crippen LogP contribution in [0.5, 0.6) is 0 Å². The van der Waals surface area contributed by atoms with Crippen LogP contribution in [0.2, 0.25) is 0 Å². The fraction of sp³-hybridized carbons (Fsp3) is 0.333. The topological polar surface area (TPSA) is 20.2 Å². The molecule has 0 spiro atoms. The molecular formula is C21H28NO+. The summed E-state index contributed by atoms with van der Waals surface area (Å²) in [5, 5.41) is 9.99. The summed E-state index contributed by atoms with van der Waals surface area (Å²) in [4.78, 5) is 0. The smallest absolute Gasteiger partial charge is 0.113 e. The molecule has 0 saturated heterocycles. The van der Waals surface area contributed by atoms with Crippen molar-refractivity contribution < 1.29 is 9.59 Å². The Morgan fingerprint density at radius 3 is 2.09 bits per heavy atom. The molecule has 0 saturated carbocycles. The van der Waals surface area contributed by atoms with Gasteiger partial charge in [-0.15, -0.1) is 0 Å². The first kappa shape index (κ1) is 17.5. The van der Waals surface area contributed by atoms with Crippen molar-refractivity contribution in [2.75, 3.05) is 20.2 Å². The Balaban J connectivity index is 2.10. The highest BCUT2D eigenvalue weighted by Gasteiger charge is 2.31. The Hall–Kier alpha value is -1.90. The molecule has 122 valence electrons. The normalized spacial score (nSPS) is 14.9. The average molecular weight is 310 g/mol. The molecule has 0 aromatic heterocycles. The van der Waals surface area contributed by atoms with Gasteiger partial charge in [-0.3, -0.25) is 0 Å². The summed E-state index contributed by atoms with van der Waals surface area (Å²) < 4.78 is 0.789. The number of hydrogen-bond donors (Lipinski definition) is 1. The molecule has 0 aliphatic rings. The predicted molar refractivity (Wildman–Crippen MR) is 97.0 cm³/mol. The Bertz CT molecular complexity index is 581. The van der Waals surface area contributed by atoms with Crippen molar-refractivity contribution in [2.45, 2.75) is 25.4 Å². The number of aliphatic hydroxyl groups is 1. The molecule has 2 rings (SSSR count). The van der Waals surface area contributed by atoms with Crippen molar-refractivity contribution >= 4 is 0 Å². The number of aryl methyl sites for hydroxylation is 1. The van der Waals surface area contributed by atoms with Crippen LogP contribution in [0.1, 0.15) is 17.5 Å². The van der Waals surface area contributed by atoms with E-state index in [-0.39, 0.29) is 12.6 Å². The monoisotopic (exact) mass is 310 g/mol. The van der Waals surface area contributed by atoms with E-state index in [2.05, 4.69) is 62.2 Å². The van der Waals surface area contributed by atoms with Crippen molar-refractivity contribution in [1.29, 1.82) is 0 Å². The van der Waals surface area contributed by atoms with E-state index in [9.17, 15) is 5.11 Å². The quantitative estimate of drug-likeness (QED) is 0.551. The number of hydrogen-bond acceptors (Lipinski definition) is 1. The van der Waals surface area contributed by atoms with E-state index >= 15 is 0 Å². The van der Waals surface area contributed by atoms with E-state index in [0.29, 0.717) is 0 Å². The van der Waals surface area contributed by atoms with Gasteiger partial charge in [0.2, 0.25) is 0 Å². The Morgan fingerprint density at radius 2 is 1.57 bits per heavy atom. The first-order chi connectivity index (χ1) is 11.2. The highest BCUT2D eigenvalue weighted by atomic mass is 16.3. The van der Waals surface area contributed by atoms with Gasteiger partial charge in [-0.05, 0) is 18.1 Å². The van der Waals surface area contributed by atoms with Gasteiger partial charge >= 0.3 is 0 Å². The van der Waals surface area contributed by atoms with E-state index in [0.717, 1.165) is 30.4 Å². The molecule has 0 fully saturated rings. The van der Waals surface area contributed by atoms with Crippen LogP contribution >= 0.6 is 0 Å². The van der Waals surface area contributed by atoms with Gasteiger partial charge in [-0.2, -0.15) is 0 Å². The van der Waals surface area contributed by atoms with Crippen LogP contribution in [0.15, 0.2) is 73.3 Å². The first-order valence-electron chi connectivity index (χ1n) is 8.32. The van der Waals surface area contributed by atoms with Crippen LogP contribution in [-0.2, 0) is 13.0 Å². The minimum atomic E-state index is 0.198. The summed E-state index contributed by atoms with van der Waals surface area (Å²) in [5.41, 5.74) is 2.63. The molecule has 2 nitrogen and oxygen atoms in total. The third-order valence-corrected chi connectivity index (χ3v) is 4.63. The molecule has 2 aromatic carbocycles. The zero-order valence-electron chi connectivity index (χ0n) is 14.1. The second-order valence-electron chi connectivity index (χ2n) is 6.46. The van der Waals surface area contributed by atoms with Gasteiger partial charge in [0.05, 0.1) is 20.2 Å². The molecule has 0 heterocycles. The van der Waals surface area contributed by atoms with Crippen LogP contribution in [0, 0.1) is 0 Å². The lowest BCUT2D eigenvalue weighted by atomic mass is 10.0. The summed E-state index contributed by atoms with van der Waals surface area (Å²) in [7, 11) is 2.22. The van der Waals surface area contributed by atoms with Crippen LogP contribution in [-0.4, -0.2) is 35.8 Å². The van der Waals surface area contributed by atoms with E-state index in [1.807, 2.05) is 18.2 Å². The van der Waals surface area contributed by atoms with E-state index in [4.69, 9.17) is 0 Å². The second-order valence-corrected chi connectivity index (χ2v) is 6.46. The van der Waals surface area contributed by atoms with E-state index in [1.165, 1.54) is 11.1 Å². The maximum atomic E-state index is 9.99. The minimum Gasteiger partial charge on any atom is -0.390 e. The van der Waals surface area contributed by atoms with E-state index in [1.54, 1.807) is 0 Å². The summed E-state index contributed by atoms with van der Waals surface area (Å²) in [6, 6.07) is 21.2. The van der Waals surface area contributed by atoms with Gasteiger partial charge < -0.3 is 9.59 Å². The fourth-order valence-electron chi connectivity index (χ4n) is 3.22. The molecule has 2 aromatic rings. The lowest BCUT2D eigenvalue weighted by molar-refractivity contribution is -0.941. The molecular weight excluding hydrogens is 282 g/mol. The van der Waals surface area contributed by atoms with Gasteiger partial charge in [0.15, 0.2) is 0 Å². The van der Waals surface area contributed by atoms with Gasteiger partial charge in [0.25, 0.3) is 0 Å². The Labute approximate surface area is 140 Å². The number of quaternary nitrogens is 1. The molecule has 0 unspecified atom stereocenters. The third-order valence-electron chi connectivity index (χ3n) is 4.63. The first-order valence-corrected chi connectivity index (χ1v) is 8.32. The van der Waals surface area contributed by atoms with Crippen molar-refractivity contribution in [2.24, 2.45) is 0 Å². The largest absolute Gasteiger partial charge is 0.390 e. The van der Waals surface area contributed by atoms with Crippen molar-refractivity contribution in [3.63, 3.8) is 0 Å². The number of likely N-dealkylation sites (N-methyl/N-ethyl adjacent to an activating group) is 1. The number of nitrogens with zero attached hydrogens (tertiary/aromatic N) is 1. The third kappa shape index (κ3) is 5.05. The zero-order valence-corrected chi connectivity index (χ0v) is 14.1. The Kier molecular flexibility index (Phi) is 6.57. The molecule has 0 aliphatic carbocycles.